The first kappa shape index (κ1) is 17.0. The molecular formula is C18H26N2O. The molecule has 0 unspecified atom stereocenters. The number of rotatable bonds is 0. The fourth-order valence-corrected chi connectivity index (χ4v) is 2.42. The Balaban J connectivity index is 0.000000510. The Morgan fingerprint density at radius 3 is 2.43 bits per heavy atom. The summed E-state index contributed by atoms with van der Waals surface area (Å²) in [5, 5.41) is 11.0. The zero-order valence-electron chi connectivity index (χ0n) is 13.9. The van der Waals surface area contributed by atoms with Gasteiger partial charge in [-0.25, -0.2) is 0 Å². The quantitative estimate of drug-likeness (QED) is 0.688. The highest BCUT2D eigenvalue weighted by molar-refractivity contribution is 5.89. The molecule has 3 nitrogen and oxygen atoms in total. The standard InChI is InChI=1S/C14H14N2O.2C2H6/c1-8-5-10(17)7-13-12(6-8)11-3-4-15-9(2)14(11)16-13;2*1-2/h3-5,7,16-17H,6H2,1-2H3;2*1-2H3. The summed E-state index contributed by atoms with van der Waals surface area (Å²) in [6.07, 6.45) is 6.29. The Kier molecular flexibility index (Phi) is 6.22. The number of aromatic nitrogens is 2. The van der Waals surface area contributed by atoms with Gasteiger partial charge >= 0.3 is 0 Å². The van der Waals surface area contributed by atoms with E-state index in [1.54, 1.807) is 6.08 Å². The van der Waals surface area contributed by atoms with Crippen LogP contribution in [0.3, 0.4) is 0 Å². The molecule has 0 atom stereocenters. The lowest BCUT2D eigenvalue weighted by molar-refractivity contribution is 0.437. The zero-order chi connectivity index (χ0) is 16.0. The van der Waals surface area contributed by atoms with Crippen molar-refractivity contribution >= 4 is 17.0 Å². The molecule has 0 saturated carbocycles. The van der Waals surface area contributed by atoms with Gasteiger partial charge in [0.25, 0.3) is 0 Å². The van der Waals surface area contributed by atoms with Gasteiger partial charge in [-0.3, -0.25) is 4.98 Å². The molecule has 2 N–H and O–H groups in total. The van der Waals surface area contributed by atoms with Crippen LogP contribution in [-0.2, 0) is 6.42 Å². The van der Waals surface area contributed by atoms with Crippen molar-refractivity contribution in [3.05, 3.63) is 46.6 Å². The lowest BCUT2D eigenvalue weighted by Gasteiger charge is -2.00. The van der Waals surface area contributed by atoms with Crippen LogP contribution in [-0.4, -0.2) is 15.1 Å². The maximum atomic E-state index is 9.75. The van der Waals surface area contributed by atoms with Crippen LogP contribution in [0.15, 0.2) is 29.7 Å². The largest absolute Gasteiger partial charge is 0.508 e. The minimum Gasteiger partial charge on any atom is -0.508 e. The van der Waals surface area contributed by atoms with E-state index in [-0.39, 0.29) is 0 Å². The SMILES string of the molecule is CC.CC.CC1=CC(O)=Cc2[nH]c3c(C)nccc3c2C1. The fraction of sp³-hybridized carbons (Fsp3) is 0.389. The van der Waals surface area contributed by atoms with Crippen LogP contribution in [0.5, 0.6) is 0 Å². The third-order valence-corrected chi connectivity index (χ3v) is 3.19. The summed E-state index contributed by atoms with van der Waals surface area (Å²) in [6, 6.07) is 2.03. The van der Waals surface area contributed by atoms with Gasteiger partial charge in [0.2, 0.25) is 0 Å². The summed E-state index contributed by atoms with van der Waals surface area (Å²) in [5.74, 6) is 0.304. The van der Waals surface area contributed by atoms with Crippen LogP contribution >= 0.6 is 0 Å². The molecule has 0 saturated heterocycles. The summed E-state index contributed by atoms with van der Waals surface area (Å²) < 4.78 is 0. The number of fused-ring (bicyclic) bond motifs is 3. The number of pyridine rings is 1. The van der Waals surface area contributed by atoms with Crippen LogP contribution in [0.2, 0.25) is 0 Å². The molecule has 0 radical (unpaired) electrons. The Morgan fingerprint density at radius 2 is 1.76 bits per heavy atom. The molecule has 0 bridgehead atoms. The Labute approximate surface area is 127 Å². The molecular weight excluding hydrogens is 260 g/mol. The van der Waals surface area contributed by atoms with Crippen molar-refractivity contribution < 1.29 is 5.11 Å². The zero-order valence-corrected chi connectivity index (χ0v) is 13.9. The highest BCUT2D eigenvalue weighted by atomic mass is 16.3. The number of allylic oxidation sites excluding steroid dienone is 2. The normalized spacial score (nSPS) is 12.9. The molecule has 2 heterocycles. The first-order chi connectivity index (χ1) is 10.1. The summed E-state index contributed by atoms with van der Waals surface area (Å²) in [7, 11) is 0. The smallest absolute Gasteiger partial charge is 0.117 e. The van der Waals surface area contributed by atoms with Crippen LogP contribution in [0.1, 0.15) is 51.6 Å². The topological polar surface area (TPSA) is 48.9 Å². The van der Waals surface area contributed by atoms with Gasteiger partial charge in [0.05, 0.1) is 11.2 Å². The van der Waals surface area contributed by atoms with E-state index in [9.17, 15) is 5.11 Å². The average molecular weight is 286 g/mol. The number of hydrogen-bond acceptors (Lipinski definition) is 2. The molecule has 0 fully saturated rings. The molecule has 2 aromatic heterocycles. The summed E-state index contributed by atoms with van der Waals surface area (Å²) in [6.45, 7) is 12.0. The number of aliphatic hydroxyl groups excluding tert-OH is 1. The number of nitrogens with one attached hydrogen (secondary N) is 1. The van der Waals surface area contributed by atoms with E-state index < -0.39 is 0 Å². The number of aryl methyl sites for hydroxylation is 1. The van der Waals surface area contributed by atoms with E-state index in [0.717, 1.165) is 28.9 Å². The van der Waals surface area contributed by atoms with E-state index in [1.807, 2.05) is 59.9 Å². The molecule has 2 aromatic rings. The van der Waals surface area contributed by atoms with Crippen molar-refractivity contribution in [1.82, 2.24) is 9.97 Å². The van der Waals surface area contributed by atoms with Crippen LogP contribution in [0.25, 0.3) is 17.0 Å². The van der Waals surface area contributed by atoms with Crippen molar-refractivity contribution in [1.29, 1.82) is 0 Å². The molecule has 0 aliphatic heterocycles. The highest BCUT2D eigenvalue weighted by Gasteiger charge is 2.14. The third kappa shape index (κ3) is 3.54. The second-order valence-corrected chi connectivity index (χ2v) is 4.57. The lowest BCUT2D eigenvalue weighted by atomic mass is 10.0. The molecule has 3 rings (SSSR count). The number of H-pyrrole nitrogens is 1. The predicted molar refractivity (Wildman–Crippen MR) is 91.6 cm³/mol. The minimum absolute atomic E-state index is 0.304. The van der Waals surface area contributed by atoms with Gasteiger partial charge in [0, 0.05) is 23.4 Å². The monoisotopic (exact) mass is 286 g/mol. The van der Waals surface area contributed by atoms with Gasteiger partial charge in [-0.05, 0) is 38.0 Å². The van der Waals surface area contributed by atoms with Crippen LogP contribution in [0, 0.1) is 6.92 Å². The predicted octanol–water partition coefficient (Wildman–Crippen LogP) is 5.33. The Hall–Kier alpha value is -2.03. The van der Waals surface area contributed by atoms with Crippen molar-refractivity contribution in [3.63, 3.8) is 0 Å². The van der Waals surface area contributed by atoms with Crippen molar-refractivity contribution in [2.45, 2.75) is 48.0 Å². The lowest BCUT2D eigenvalue weighted by Crippen LogP contribution is -1.87. The van der Waals surface area contributed by atoms with E-state index in [0.29, 0.717) is 5.76 Å². The van der Waals surface area contributed by atoms with E-state index in [2.05, 4.69) is 9.97 Å². The Bertz CT molecular complexity index is 663. The maximum Gasteiger partial charge on any atom is 0.117 e. The van der Waals surface area contributed by atoms with Crippen molar-refractivity contribution in [2.24, 2.45) is 0 Å². The number of aliphatic hydroxyl groups is 1. The molecule has 21 heavy (non-hydrogen) atoms. The third-order valence-electron chi connectivity index (χ3n) is 3.19. The molecule has 1 aliphatic carbocycles. The van der Waals surface area contributed by atoms with Gasteiger partial charge in [-0.2, -0.15) is 0 Å². The van der Waals surface area contributed by atoms with Crippen molar-refractivity contribution in [2.75, 3.05) is 0 Å². The van der Waals surface area contributed by atoms with E-state index in [1.165, 1.54) is 10.9 Å². The number of hydrogen-bond donors (Lipinski definition) is 2. The molecule has 114 valence electrons. The van der Waals surface area contributed by atoms with Crippen LogP contribution in [0.4, 0.5) is 0 Å². The Morgan fingerprint density at radius 1 is 1.10 bits per heavy atom. The van der Waals surface area contributed by atoms with Gasteiger partial charge in [0.1, 0.15) is 5.76 Å². The number of aromatic amines is 1. The highest BCUT2D eigenvalue weighted by Crippen LogP contribution is 2.29. The summed E-state index contributed by atoms with van der Waals surface area (Å²) in [4.78, 5) is 7.63. The van der Waals surface area contributed by atoms with E-state index in [4.69, 9.17) is 0 Å². The van der Waals surface area contributed by atoms with E-state index >= 15 is 0 Å². The van der Waals surface area contributed by atoms with Gasteiger partial charge in [0.15, 0.2) is 0 Å². The van der Waals surface area contributed by atoms with Crippen LogP contribution < -0.4 is 0 Å². The van der Waals surface area contributed by atoms with Gasteiger partial charge < -0.3 is 10.1 Å². The van der Waals surface area contributed by atoms with Gasteiger partial charge in [-0.15, -0.1) is 0 Å². The molecule has 3 heteroatoms. The van der Waals surface area contributed by atoms with Gasteiger partial charge in [-0.1, -0.05) is 33.3 Å². The summed E-state index contributed by atoms with van der Waals surface area (Å²) >= 11 is 0. The second-order valence-electron chi connectivity index (χ2n) is 4.57. The maximum absolute atomic E-state index is 9.75. The van der Waals surface area contributed by atoms with Crippen molar-refractivity contribution in [3.8, 4) is 0 Å². The molecule has 1 aliphatic rings. The minimum atomic E-state index is 0.304. The fourth-order valence-electron chi connectivity index (χ4n) is 2.42. The average Bonchev–Trinajstić information content (AvgIpc) is 2.75. The molecule has 0 spiro atoms. The number of nitrogens with zero attached hydrogens (tertiary/aromatic N) is 1. The molecule has 0 amide bonds. The first-order valence-corrected chi connectivity index (χ1v) is 7.69. The summed E-state index contributed by atoms with van der Waals surface area (Å²) in [5.41, 5.74) is 5.44. The molecule has 0 aromatic carbocycles. The second kappa shape index (κ2) is 7.67. The first-order valence-electron chi connectivity index (χ1n) is 7.69.